The van der Waals surface area contributed by atoms with Crippen LogP contribution in [0.1, 0.15) is 31.2 Å². The maximum atomic E-state index is 10.8. The molecule has 20 heavy (non-hydrogen) atoms. The van der Waals surface area contributed by atoms with Gasteiger partial charge in [-0.15, -0.1) is 0 Å². The van der Waals surface area contributed by atoms with Gasteiger partial charge in [0.15, 0.2) is 0 Å². The summed E-state index contributed by atoms with van der Waals surface area (Å²) < 4.78 is 5.89. The summed E-state index contributed by atoms with van der Waals surface area (Å²) in [5.41, 5.74) is 5.80. The Morgan fingerprint density at radius 3 is 2.35 bits per heavy atom. The molecule has 0 aliphatic heterocycles. The van der Waals surface area contributed by atoms with Crippen molar-refractivity contribution in [3.8, 4) is 5.75 Å². The van der Waals surface area contributed by atoms with Crippen LogP contribution in [0.4, 0.5) is 4.79 Å². The van der Waals surface area contributed by atoms with Crippen molar-refractivity contribution in [2.75, 3.05) is 0 Å². The zero-order valence-corrected chi connectivity index (χ0v) is 11.3. The molecule has 1 aliphatic rings. The molecule has 4 N–H and O–H groups in total. The van der Waals surface area contributed by atoms with Gasteiger partial charge >= 0.3 is 6.03 Å². The van der Waals surface area contributed by atoms with Crippen molar-refractivity contribution >= 4 is 11.8 Å². The fraction of sp³-hybridized carbons (Fsp3) is 0.400. The highest BCUT2D eigenvalue weighted by molar-refractivity contribution is 5.71. The first kappa shape index (κ1) is 14.2. The molecule has 0 aromatic heterocycles. The van der Waals surface area contributed by atoms with Gasteiger partial charge in [-0.3, -0.25) is 0 Å². The summed E-state index contributed by atoms with van der Waals surface area (Å²) in [6, 6.07) is 6.90. The number of nitrogens with two attached hydrogens (primary N) is 1. The predicted octanol–water partition coefficient (Wildman–Crippen LogP) is 2.57. The molecule has 0 bridgehead atoms. The van der Waals surface area contributed by atoms with Crippen molar-refractivity contribution < 1.29 is 14.6 Å². The van der Waals surface area contributed by atoms with Crippen LogP contribution in [0, 0.1) is 0 Å². The monoisotopic (exact) mass is 276 g/mol. The number of urea groups is 1. The molecule has 108 valence electrons. The van der Waals surface area contributed by atoms with Crippen LogP contribution in [0.15, 0.2) is 30.8 Å². The quantitative estimate of drug-likeness (QED) is 0.739. The third kappa shape index (κ3) is 3.91. The summed E-state index contributed by atoms with van der Waals surface area (Å²) in [7, 11) is 0. The number of amides is 2. The lowest BCUT2D eigenvalue weighted by molar-refractivity contribution is 0.141. The first-order valence-electron chi connectivity index (χ1n) is 6.75. The first-order valence-corrected chi connectivity index (χ1v) is 6.75. The minimum atomic E-state index is -0.464. The molecule has 0 atom stereocenters. The molecule has 1 saturated carbocycles. The standard InChI is InChI=1S/C15H20N2O3/c1-10(18)11-2-6-13(7-3-11)20-14-8-4-12(5-9-14)17-15(16)19/h2-3,6-7,12,14,18H,1,4-5,8-9H2,(H3,16,17,19). The van der Waals surface area contributed by atoms with E-state index in [1.165, 1.54) is 0 Å². The van der Waals surface area contributed by atoms with Crippen LogP contribution in [-0.4, -0.2) is 23.3 Å². The van der Waals surface area contributed by atoms with Crippen molar-refractivity contribution in [3.05, 3.63) is 36.4 Å². The smallest absolute Gasteiger partial charge is 0.312 e. The third-order valence-corrected chi connectivity index (χ3v) is 3.51. The van der Waals surface area contributed by atoms with Gasteiger partial charge in [0.05, 0.1) is 6.10 Å². The van der Waals surface area contributed by atoms with E-state index in [1.807, 2.05) is 12.1 Å². The van der Waals surface area contributed by atoms with E-state index in [0.717, 1.165) is 31.4 Å². The number of benzene rings is 1. The maximum Gasteiger partial charge on any atom is 0.312 e. The third-order valence-electron chi connectivity index (χ3n) is 3.51. The molecule has 0 unspecified atom stereocenters. The van der Waals surface area contributed by atoms with E-state index in [0.29, 0.717) is 5.56 Å². The van der Waals surface area contributed by atoms with E-state index < -0.39 is 6.03 Å². The lowest BCUT2D eigenvalue weighted by Gasteiger charge is -2.29. The van der Waals surface area contributed by atoms with E-state index in [1.54, 1.807) is 12.1 Å². The van der Waals surface area contributed by atoms with Crippen LogP contribution in [0.5, 0.6) is 5.75 Å². The summed E-state index contributed by atoms with van der Waals surface area (Å²) in [5, 5.41) is 12.0. The van der Waals surface area contributed by atoms with Crippen LogP contribution in [0.25, 0.3) is 5.76 Å². The number of aliphatic hydroxyl groups excluding tert-OH is 1. The molecule has 1 aliphatic carbocycles. The number of carbonyl (C=O) groups is 1. The fourth-order valence-electron chi connectivity index (χ4n) is 2.44. The molecule has 5 nitrogen and oxygen atoms in total. The van der Waals surface area contributed by atoms with Gasteiger partial charge in [-0.2, -0.15) is 0 Å². The van der Waals surface area contributed by atoms with Gasteiger partial charge in [-0.05, 0) is 49.9 Å². The summed E-state index contributed by atoms with van der Waals surface area (Å²) in [4.78, 5) is 10.8. The van der Waals surface area contributed by atoms with Crippen molar-refractivity contribution in [1.82, 2.24) is 5.32 Å². The molecule has 1 aromatic carbocycles. The topological polar surface area (TPSA) is 84.6 Å². The van der Waals surface area contributed by atoms with Crippen molar-refractivity contribution in [1.29, 1.82) is 0 Å². The van der Waals surface area contributed by atoms with E-state index in [4.69, 9.17) is 10.5 Å². The van der Waals surface area contributed by atoms with Crippen molar-refractivity contribution in [2.24, 2.45) is 5.73 Å². The van der Waals surface area contributed by atoms with Crippen LogP contribution in [0.2, 0.25) is 0 Å². The van der Waals surface area contributed by atoms with Crippen molar-refractivity contribution in [2.45, 2.75) is 37.8 Å². The summed E-state index contributed by atoms with van der Waals surface area (Å²) in [6.45, 7) is 3.47. The number of primary amides is 1. The first-order chi connectivity index (χ1) is 9.54. The Morgan fingerprint density at radius 2 is 1.85 bits per heavy atom. The van der Waals surface area contributed by atoms with Crippen LogP contribution >= 0.6 is 0 Å². The second kappa shape index (κ2) is 6.32. The zero-order chi connectivity index (χ0) is 14.5. The zero-order valence-electron chi connectivity index (χ0n) is 11.3. The van der Waals surface area contributed by atoms with E-state index in [-0.39, 0.29) is 17.9 Å². The van der Waals surface area contributed by atoms with Crippen molar-refractivity contribution in [3.63, 3.8) is 0 Å². The molecule has 0 radical (unpaired) electrons. The molecule has 2 rings (SSSR count). The van der Waals surface area contributed by atoms with Gasteiger partial charge in [-0.1, -0.05) is 6.58 Å². The molecule has 1 aromatic rings. The van der Waals surface area contributed by atoms with Crippen LogP contribution in [0.3, 0.4) is 0 Å². The predicted molar refractivity (Wildman–Crippen MR) is 77.5 cm³/mol. The highest BCUT2D eigenvalue weighted by Crippen LogP contribution is 2.24. The van der Waals surface area contributed by atoms with Gasteiger partial charge in [0, 0.05) is 11.6 Å². The fourth-order valence-corrected chi connectivity index (χ4v) is 2.44. The summed E-state index contributed by atoms with van der Waals surface area (Å²) in [6.07, 6.45) is 3.68. The minimum absolute atomic E-state index is 0.0505. The number of hydrogen-bond donors (Lipinski definition) is 3. The average molecular weight is 276 g/mol. The highest BCUT2D eigenvalue weighted by Gasteiger charge is 2.22. The van der Waals surface area contributed by atoms with Crippen LogP contribution < -0.4 is 15.8 Å². The van der Waals surface area contributed by atoms with Gasteiger partial charge in [0.1, 0.15) is 11.5 Å². The number of aliphatic hydroxyl groups is 1. The second-order valence-corrected chi connectivity index (χ2v) is 5.07. The molecular formula is C15H20N2O3. The summed E-state index contributed by atoms with van der Waals surface area (Å²) in [5.74, 6) is 0.830. The normalized spacial score (nSPS) is 22.0. The number of ether oxygens (including phenoxy) is 1. The summed E-state index contributed by atoms with van der Waals surface area (Å²) >= 11 is 0. The van der Waals surface area contributed by atoms with Gasteiger partial charge in [-0.25, -0.2) is 4.79 Å². The van der Waals surface area contributed by atoms with Crippen LogP contribution in [-0.2, 0) is 0 Å². The minimum Gasteiger partial charge on any atom is -0.508 e. The Bertz CT molecular complexity index is 476. The maximum absolute atomic E-state index is 10.8. The van der Waals surface area contributed by atoms with E-state index in [2.05, 4.69) is 11.9 Å². The lowest BCUT2D eigenvalue weighted by atomic mass is 9.93. The molecule has 0 heterocycles. The van der Waals surface area contributed by atoms with Gasteiger partial charge in [0.2, 0.25) is 0 Å². The molecule has 1 fully saturated rings. The number of rotatable bonds is 4. The number of nitrogens with one attached hydrogen (secondary N) is 1. The second-order valence-electron chi connectivity index (χ2n) is 5.07. The highest BCUT2D eigenvalue weighted by atomic mass is 16.5. The van der Waals surface area contributed by atoms with E-state index in [9.17, 15) is 9.90 Å². The molecular weight excluding hydrogens is 256 g/mol. The lowest BCUT2D eigenvalue weighted by Crippen LogP contribution is -2.42. The van der Waals surface area contributed by atoms with Gasteiger partial charge < -0.3 is 20.9 Å². The molecule has 0 saturated heterocycles. The Kier molecular flexibility index (Phi) is 4.50. The SMILES string of the molecule is C=C(O)c1ccc(OC2CCC(NC(N)=O)CC2)cc1. The molecule has 2 amide bonds. The molecule has 5 heteroatoms. The Hall–Kier alpha value is -2.17. The van der Waals surface area contributed by atoms with Gasteiger partial charge in [0.25, 0.3) is 0 Å². The molecule has 0 spiro atoms. The Labute approximate surface area is 118 Å². The van der Waals surface area contributed by atoms with E-state index >= 15 is 0 Å². The Balaban J connectivity index is 1.83. The average Bonchev–Trinajstić information content (AvgIpc) is 2.41. The largest absolute Gasteiger partial charge is 0.508 e. The Morgan fingerprint density at radius 1 is 1.25 bits per heavy atom. The number of carbonyl (C=O) groups excluding carboxylic acids is 1. The number of hydrogen-bond acceptors (Lipinski definition) is 3.